The Kier molecular flexibility index (Phi) is 7.06. The zero-order chi connectivity index (χ0) is 23.6. The largest absolute Gasteiger partial charge is 0.492 e. The van der Waals surface area contributed by atoms with E-state index in [9.17, 15) is 21.2 Å². The van der Waals surface area contributed by atoms with E-state index in [0.29, 0.717) is 24.3 Å². The van der Waals surface area contributed by atoms with Gasteiger partial charge in [0, 0.05) is 32.1 Å². The van der Waals surface area contributed by atoms with Gasteiger partial charge < -0.3 is 10.5 Å². The van der Waals surface area contributed by atoms with Crippen molar-refractivity contribution in [2.45, 2.75) is 24.9 Å². The van der Waals surface area contributed by atoms with Crippen molar-refractivity contribution in [2.75, 3.05) is 37.7 Å². The molecule has 180 valence electrons. The quantitative estimate of drug-likeness (QED) is 0.621. The molecule has 2 aliphatic heterocycles. The molecule has 0 spiro atoms. The minimum atomic E-state index is -3.95. The molecule has 33 heavy (non-hydrogen) atoms. The molecule has 0 aromatic heterocycles. The summed E-state index contributed by atoms with van der Waals surface area (Å²) in [4.78, 5) is 0. The standard InChI is InChI=1S/C22H28FN3O5S2/c23-22-7-2-1-6-21(22)18-13-19(16-31-20-5-3-4-17(12-20)14-24)26(15-18)33(29,30)25-8-10-32(27,28)11-9-25/h1-7,12,18-19H,8-11,13-16,24H2. The van der Waals surface area contributed by atoms with Crippen LogP contribution in [0, 0.1) is 5.82 Å². The molecule has 0 radical (unpaired) electrons. The highest BCUT2D eigenvalue weighted by Gasteiger charge is 2.44. The Balaban J connectivity index is 1.57. The van der Waals surface area contributed by atoms with Crippen LogP contribution in [0.4, 0.5) is 4.39 Å². The molecule has 0 aliphatic carbocycles. The molecule has 2 fully saturated rings. The number of rotatable bonds is 7. The Hall–Kier alpha value is -2.05. The molecule has 4 rings (SSSR count). The van der Waals surface area contributed by atoms with E-state index in [1.807, 2.05) is 12.1 Å². The van der Waals surface area contributed by atoms with E-state index in [2.05, 4.69) is 0 Å². The first-order chi connectivity index (χ1) is 15.7. The summed E-state index contributed by atoms with van der Waals surface area (Å²) in [6.07, 6.45) is 0.392. The third-order valence-electron chi connectivity index (χ3n) is 6.21. The lowest BCUT2D eigenvalue weighted by Crippen LogP contribution is -2.52. The van der Waals surface area contributed by atoms with Crippen molar-refractivity contribution in [1.29, 1.82) is 0 Å². The van der Waals surface area contributed by atoms with Crippen molar-refractivity contribution >= 4 is 20.0 Å². The predicted octanol–water partition coefficient (Wildman–Crippen LogP) is 1.50. The highest BCUT2D eigenvalue weighted by molar-refractivity contribution is 7.91. The monoisotopic (exact) mass is 497 g/mol. The second-order valence-electron chi connectivity index (χ2n) is 8.40. The van der Waals surface area contributed by atoms with Crippen molar-refractivity contribution in [3.05, 3.63) is 65.5 Å². The van der Waals surface area contributed by atoms with E-state index >= 15 is 0 Å². The molecular formula is C22H28FN3O5S2. The minimum Gasteiger partial charge on any atom is -0.492 e. The summed E-state index contributed by atoms with van der Waals surface area (Å²) in [5, 5.41) is 0. The number of ether oxygens (including phenoxy) is 1. The van der Waals surface area contributed by atoms with Gasteiger partial charge in [0.25, 0.3) is 10.2 Å². The first-order valence-corrected chi connectivity index (χ1v) is 14.0. The molecule has 11 heteroatoms. The van der Waals surface area contributed by atoms with Crippen molar-refractivity contribution in [2.24, 2.45) is 5.73 Å². The summed E-state index contributed by atoms with van der Waals surface area (Å²) < 4.78 is 73.5. The van der Waals surface area contributed by atoms with Crippen LogP contribution in [0.1, 0.15) is 23.5 Å². The maximum absolute atomic E-state index is 14.5. The van der Waals surface area contributed by atoms with Gasteiger partial charge in [-0.1, -0.05) is 30.3 Å². The lowest BCUT2D eigenvalue weighted by molar-refractivity contribution is 0.224. The van der Waals surface area contributed by atoms with Gasteiger partial charge in [-0.3, -0.25) is 0 Å². The first-order valence-electron chi connectivity index (χ1n) is 10.8. The summed E-state index contributed by atoms with van der Waals surface area (Å²) in [5.74, 6) is -0.540. The molecule has 0 saturated carbocycles. The number of nitrogens with two attached hydrogens (primary N) is 1. The van der Waals surface area contributed by atoms with E-state index in [1.165, 1.54) is 14.7 Å². The summed E-state index contributed by atoms with van der Waals surface area (Å²) in [7, 11) is -7.19. The number of hydrogen-bond donors (Lipinski definition) is 1. The molecule has 8 nitrogen and oxygen atoms in total. The summed E-state index contributed by atoms with van der Waals surface area (Å²) in [6.45, 7) is 0.372. The zero-order valence-corrected chi connectivity index (χ0v) is 19.8. The first kappa shape index (κ1) is 24.1. The van der Waals surface area contributed by atoms with Gasteiger partial charge in [0.05, 0.1) is 17.5 Å². The SMILES string of the molecule is NCc1cccc(OCC2CC(c3ccccc3F)CN2S(=O)(=O)N2CCS(=O)(=O)CC2)c1. The summed E-state index contributed by atoms with van der Waals surface area (Å²) >= 11 is 0. The van der Waals surface area contributed by atoms with Crippen LogP contribution in [0.5, 0.6) is 5.75 Å². The Morgan fingerprint density at radius 3 is 2.52 bits per heavy atom. The van der Waals surface area contributed by atoms with Gasteiger partial charge in [0.15, 0.2) is 9.84 Å². The van der Waals surface area contributed by atoms with Gasteiger partial charge >= 0.3 is 0 Å². The molecular weight excluding hydrogens is 469 g/mol. The van der Waals surface area contributed by atoms with E-state index in [1.54, 1.807) is 30.3 Å². The number of nitrogens with zero attached hydrogens (tertiary/aromatic N) is 2. The van der Waals surface area contributed by atoms with E-state index < -0.39 is 26.1 Å². The number of halogens is 1. The topological polar surface area (TPSA) is 110 Å². The van der Waals surface area contributed by atoms with Crippen LogP contribution in [-0.2, 0) is 26.6 Å². The molecule has 2 aromatic carbocycles. The predicted molar refractivity (Wildman–Crippen MR) is 123 cm³/mol. The normalized spacial score (nSPS) is 24.1. The van der Waals surface area contributed by atoms with Crippen LogP contribution in [-0.4, -0.2) is 69.2 Å². The molecule has 2 aromatic rings. The minimum absolute atomic E-state index is 0.0857. The van der Waals surface area contributed by atoms with Crippen LogP contribution in [0.3, 0.4) is 0 Å². The molecule has 2 saturated heterocycles. The zero-order valence-electron chi connectivity index (χ0n) is 18.1. The third kappa shape index (κ3) is 5.38. The van der Waals surface area contributed by atoms with Crippen molar-refractivity contribution in [1.82, 2.24) is 8.61 Å². The van der Waals surface area contributed by atoms with Crippen molar-refractivity contribution in [3.8, 4) is 5.75 Å². The Labute approximate surface area is 194 Å². The van der Waals surface area contributed by atoms with Crippen LogP contribution >= 0.6 is 0 Å². The molecule has 2 aliphatic rings. The fourth-order valence-corrected chi connectivity index (χ4v) is 7.65. The van der Waals surface area contributed by atoms with Gasteiger partial charge in [-0.2, -0.15) is 17.0 Å². The second-order valence-corrected chi connectivity index (χ2v) is 12.6. The fourth-order valence-electron chi connectivity index (χ4n) is 4.38. The molecule has 0 bridgehead atoms. The van der Waals surface area contributed by atoms with Crippen molar-refractivity contribution < 1.29 is 26.0 Å². The molecule has 2 atom stereocenters. The fraction of sp³-hybridized carbons (Fsp3) is 0.455. The van der Waals surface area contributed by atoms with E-state index in [4.69, 9.17) is 10.5 Å². The van der Waals surface area contributed by atoms with Crippen LogP contribution < -0.4 is 10.5 Å². The highest BCUT2D eigenvalue weighted by atomic mass is 32.2. The maximum atomic E-state index is 14.5. The van der Waals surface area contributed by atoms with E-state index in [-0.39, 0.29) is 49.5 Å². The average Bonchev–Trinajstić information content (AvgIpc) is 3.23. The second kappa shape index (κ2) is 9.67. The van der Waals surface area contributed by atoms with Gasteiger partial charge in [-0.25, -0.2) is 12.8 Å². The lowest BCUT2D eigenvalue weighted by Gasteiger charge is -2.32. The van der Waals surface area contributed by atoms with Gasteiger partial charge in [-0.15, -0.1) is 0 Å². The van der Waals surface area contributed by atoms with Crippen LogP contribution in [0.2, 0.25) is 0 Å². The summed E-state index contributed by atoms with van der Waals surface area (Å²) in [6, 6.07) is 13.1. The molecule has 2 unspecified atom stereocenters. The lowest BCUT2D eigenvalue weighted by atomic mass is 9.96. The maximum Gasteiger partial charge on any atom is 0.282 e. The Bertz CT molecular complexity index is 1190. The molecule has 0 amide bonds. The van der Waals surface area contributed by atoms with Crippen molar-refractivity contribution in [3.63, 3.8) is 0 Å². The van der Waals surface area contributed by atoms with Gasteiger partial charge in [0.1, 0.15) is 18.2 Å². The summed E-state index contributed by atoms with van der Waals surface area (Å²) in [5.41, 5.74) is 7.04. The molecule has 2 N–H and O–H groups in total. The number of sulfone groups is 1. The van der Waals surface area contributed by atoms with Crippen LogP contribution in [0.15, 0.2) is 48.5 Å². The van der Waals surface area contributed by atoms with E-state index in [0.717, 1.165) is 5.56 Å². The highest BCUT2D eigenvalue weighted by Crippen LogP contribution is 2.36. The van der Waals surface area contributed by atoms with Gasteiger partial charge in [0.2, 0.25) is 0 Å². The Morgan fingerprint density at radius 1 is 1.09 bits per heavy atom. The third-order valence-corrected chi connectivity index (χ3v) is 9.88. The Morgan fingerprint density at radius 2 is 1.82 bits per heavy atom. The smallest absolute Gasteiger partial charge is 0.282 e. The van der Waals surface area contributed by atoms with Gasteiger partial charge in [-0.05, 0) is 35.7 Å². The van der Waals surface area contributed by atoms with Crippen LogP contribution in [0.25, 0.3) is 0 Å². The molecule has 2 heterocycles. The average molecular weight is 498 g/mol. The number of hydrogen-bond acceptors (Lipinski definition) is 6. The number of benzene rings is 2.